The molecule has 1 aromatic rings. The Hall–Kier alpha value is -1.14. The zero-order valence-electron chi connectivity index (χ0n) is 10.7. The fraction of sp³-hybridized carbons (Fsp3) is 0.667. The smallest absolute Gasteiger partial charge is 0.357 e. The first-order valence-corrected chi connectivity index (χ1v) is 6.91. The molecule has 5 nitrogen and oxygen atoms in total. The minimum absolute atomic E-state index is 0.364. The van der Waals surface area contributed by atoms with E-state index in [1.165, 1.54) is 31.3 Å². The molecule has 1 heterocycles. The van der Waals surface area contributed by atoms with Gasteiger partial charge in [0.2, 0.25) is 0 Å². The summed E-state index contributed by atoms with van der Waals surface area (Å²) in [5.74, 6) is 0.400. The molecule has 6 heteroatoms. The van der Waals surface area contributed by atoms with Crippen molar-refractivity contribution in [1.29, 1.82) is 0 Å². The molecule has 2 rings (SSSR count). The van der Waals surface area contributed by atoms with Crippen LogP contribution in [0.3, 0.4) is 0 Å². The summed E-state index contributed by atoms with van der Waals surface area (Å²) >= 11 is 1.44. The summed E-state index contributed by atoms with van der Waals surface area (Å²) in [7, 11) is 3.30. The molecule has 0 saturated heterocycles. The maximum atomic E-state index is 11.3. The molecule has 0 N–H and O–H groups in total. The van der Waals surface area contributed by atoms with E-state index in [0.717, 1.165) is 24.2 Å². The van der Waals surface area contributed by atoms with Gasteiger partial charge in [-0.2, -0.15) is 0 Å². The Bertz CT molecular complexity index is 404. The van der Waals surface area contributed by atoms with E-state index in [4.69, 9.17) is 4.74 Å². The molecule has 0 atom stereocenters. The molecule has 1 saturated carbocycles. The lowest BCUT2D eigenvalue weighted by atomic mass is 10.5. The van der Waals surface area contributed by atoms with Crippen molar-refractivity contribution >= 4 is 22.4 Å². The van der Waals surface area contributed by atoms with E-state index in [1.807, 2.05) is 11.9 Å². The minimum Gasteiger partial charge on any atom is -0.464 e. The summed E-state index contributed by atoms with van der Waals surface area (Å²) in [4.78, 5) is 17.5. The third kappa shape index (κ3) is 3.68. The van der Waals surface area contributed by atoms with Crippen molar-refractivity contribution in [3.8, 4) is 0 Å². The highest BCUT2D eigenvalue weighted by Gasteiger charge is 2.21. The highest BCUT2D eigenvalue weighted by molar-refractivity contribution is 7.13. The van der Waals surface area contributed by atoms with Crippen LogP contribution >= 0.6 is 11.3 Å². The molecule has 100 valence electrons. The van der Waals surface area contributed by atoms with Gasteiger partial charge in [0.1, 0.15) is 0 Å². The fourth-order valence-electron chi connectivity index (χ4n) is 1.47. The Balaban J connectivity index is 1.74. The average Bonchev–Trinajstić information content (AvgIpc) is 3.07. The summed E-state index contributed by atoms with van der Waals surface area (Å²) in [6.45, 7) is 2.35. The number of rotatable bonds is 7. The lowest BCUT2D eigenvalue weighted by Gasteiger charge is -2.15. The van der Waals surface area contributed by atoms with Gasteiger partial charge in [-0.3, -0.25) is 0 Å². The van der Waals surface area contributed by atoms with Crippen molar-refractivity contribution in [2.45, 2.75) is 12.8 Å². The van der Waals surface area contributed by atoms with Crippen molar-refractivity contribution in [3.63, 3.8) is 0 Å². The summed E-state index contributed by atoms with van der Waals surface area (Å²) in [5.41, 5.74) is 0.364. The normalized spacial score (nSPS) is 14.6. The number of esters is 1. The molecule has 1 fully saturated rings. The van der Waals surface area contributed by atoms with Gasteiger partial charge >= 0.3 is 5.97 Å². The van der Waals surface area contributed by atoms with Gasteiger partial charge in [-0.15, -0.1) is 11.3 Å². The van der Waals surface area contributed by atoms with Crippen LogP contribution in [-0.4, -0.2) is 44.9 Å². The van der Waals surface area contributed by atoms with Crippen molar-refractivity contribution in [2.75, 3.05) is 38.8 Å². The zero-order valence-corrected chi connectivity index (χ0v) is 11.5. The number of aromatic nitrogens is 1. The number of nitrogens with zero attached hydrogens (tertiary/aromatic N) is 2. The Morgan fingerprint density at radius 3 is 3.06 bits per heavy atom. The molecule has 1 aliphatic carbocycles. The molecule has 0 amide bonds. The predicted molar refractivity (Wildman–Crippen MR) is 70.3 cm³/mol. The van der Waals surface area contributed by atoms with Crippen LogP contribution < -0.4 is 4.90 Å². The largest absolute Gasteiger partial charge is 0.464 e. The topological polar surface area (TPSA) is 51.7 Å². The SMILES string of the molecule is COC(=O)c1csc(N(C)CCOCC2CC2)n1. The van der Waals surface area contributed by atoms with E-state index >= 15 is 0 Å². The number of carbonyl (C=O) groups excluding carboxylic acids is 1. The maximum Gasteiger partial charge on any atom is 0.357 e. The maximum absolute atomic E-state index is 11.3. The highest BCUT2D eigenvalue weighted by Crippen LogP contribution is 2.28. The van der Waals surface area contributed by atoms with Crippen molar-refractivity contribution in [2.24, 2.45) is 5.92 Å². The van der Waals surface area contributed by atoms with E-state index in [1.54, 1.807) is 5.38 Å². The first-order valence-electron chi connectivity index (χ1n) is 6.03. The molecule has 0 unspecified atom stereocenters. The van der Waals surface area contributed by atoms with Crippen LogP contribution in [0.5, 0.6) is 0 Å². The van der Waals surface area contributed by atoms with Gasteiger partial charge in [0.05, 0.1) is 13.7 Å². The lowest BCUT2D eigenvalue weighted by molar-refractivity contribution is 0.0595. The number of hydrogen-bond acceptors (Lipinski definition) is 6. The highest BCUT2D eigenvalue weighted by atomic mass is 32.1. The molecule has 1 aliphatic rings. The molecule has 0 spiro atoms. The van der Waals surface area contributed by atoms with Crippen LogP contribution in [0.25, 0.3) is 0 Å². The molecular formula is C12H18N2O3S. The third-order valence-electron chi connectivity index (χ3n) is 2.83. The molecule has 0 bridgehead atoms. The molecule has 0 radical (unpaired) electrons. The van der Waals surface area contributed by atoms with E-state index in [9.17, 15) is 4.79 Å². The van der Waals surface area contributed by atoms with Crippen LogP contribution in [0.15, 0.2) is 5.38 Å². The van der Waals surface area contributed by atoms with E-state index in [-0.39, 0.29) is 0 Å². The second-order valence-corrected chi connectivity index (χ2v) is 5.28. The molecular weight excluding hydrogens is 252 g/mol. The first kappa shape index (κ1) is 13.3. The van der Waals surface area contributed by atoms with Crippen LogP contribution in [0.4, 0.5) is 5.13 Å². The molecule has 1 aromatic heterocycles. The number of ether oxygens (including phenoxy) is 2. The van der Waals surface area contributed by atoms with E-state index in [0.29, 0.717) is 12.3 Å². The lowest BCUT2D eigenvalue weighted by Crippen LogP contribution is -2.23. The van der Waals surface area contributed by atoms with Gasteiger partial charge in [-0.1, -0.05) is 0 Å². The number of anilines is 1. The van der Waals surface area contributed by atoms with Gasteiger partial charge in [0.15, 0.2) is 10.8 Å². The predicted octanol–water partition coefficient (Wildman–Crippen LogP) is 1.79. The van der Waals surface area contributed by atoms with Crippen molar-refractivity contribution < 1.29 is 14.3 Å². The van der Waals surface area contributed by atoms with Crippen LogP contribution in [0.1, 0.15) is 23.3 Å². The van der Waals surface area contributed by atoms with Crippen LogP contribution in [0, 0.1) is 5.92 Å². The van der Waals surface area contributed by atoms with Crippen LogP contribution in [-0.2, 0) is 9.47 Å². The monoisotopic (exact) mass is 270 g/mol. The number of thiazole rings is 1. The Labute approximate surface area is 111 Å². The van der Waals surface area contributed by atoms with Gasteiger partial charge in [-0.05, 0) is 18.8 Å². The molecule has 18 heavy (non-hydrogen) atoms. The van der Waals surface area contributed by atoms with Crippen molar-refractivity contribution in [1.82, 2.24) is 4.98 Å². The van der Waals surface area contributed by atoms with Crippen LogP contribution in [0.2, 0.25) is 0 Å². The summed E-state index contributed by atoms with van der Waals surface area (Å²) in [5, 5.41) is 2.52. The van der Waals surface area contributed by atoms with Gasteiger partial charge in [0, 0.05) is 25.6 Å². The number of likely N-dealkylation sites (N-methyl/N-ethyl adjacent to an activating group) is 1. The Kier molecular flexibility index (Phi) is 4.54. The summed E-state index contributed by atoms with van der Waals surface area (Å²) in [6, 6.07) is 0. The summed E-state index contributed by atoms with van der Waals surface area (Å²) in [6.07, 6.45) is 2.62. The number of methoxy groups -OCH3 is 1. The zero-order chi connectivity index (χ0) is 13.0. The third-order valence-corrected chi connectivity index (χ3v) is 3.79. The van der Waals surface area contributed by atoms with E-state index in [2.05, 4.69) is 9.72 Å². The standard InChI is InChI=1S/C12H18N2O3S/c1-14(5-6-17-7-9-3-4-9)12-13-10(8-18-12)11(15)16-2/h8-9H,3-7H2,1-2H3. The average molecular weight is 270 g/mol. The molecule has 0 aliphatic heterocycles. The number of carbonyl (C=O) groups is 1. The summed E-state index contributed by atoms with van der Waals surface area (Å²) < 4.78 is 10.2. The second kappa shape index (κ2) is 6.15. The second-order valence-electron chi connectivity index (χ2n) is 4.45. The van der Waals surface area contributed by atoms with Crippen molar-refractivity contribution in [3.05, 3.63) is 11.1 Å². The van der Waals surface area contributed by atoms with Gasteiger partial charge in [0.25, 0.3) is 0 Å². The Morgan fingerprint density at radius 1 is 1.61 bits per heavy atom. The minimum atomic E-state index is -0.393. The quantitative estimate of drug-likeness (QED) is 0.558. The van der Waals surface area contributed by atoms with Gasteiger partial charge in [-0.25, -0.2) is 9.78 Å². The first-order chi connectivity index (χ1) is 8.70. The fourth-order valence-corrected chi connectivity index (χ4v) is 2.26. The molecule has 0 aromatic carbocycles. The van der Waals surface area contributed by atoms with E-state index < -0.39 is 5.97 Å². The Morgan fingerprint density at radius 2 is 2.39 bits per heavy atom. The number of hydrogen-bond donors (Lipinski definition) is 0. The van der Waals surface area contributed by atoms with Gasteiger partial charge < -0.3 is 14.4 Å².